The van der Waals surface area contributed by atoms with Gasteiger partial charge in [-0.3, -0.25) is 9.78 Å². The van der Waals surface area contributed by atoms with Gasteiger partial charge in [-0.15, -0.1) is 0 Å². The Kier molecular flexibility index (Phi) is 4.80. The number of aromatic amines is 1. The van der Waals surface area contributed by atoms with Gasteiger partial charge in [0.1, 0.15) is 0 Å². The van der Waals surface area contributed by atoms with Crippen molar-refractivity contribution in [1.82, 2.24) is 9.97 Å². The molecule has 1 aliphatic heterocycles. The second-order valence-electron chi connectivity index (χ2n) is 8.91. The topological polar surface area (TPSA) is 95.1 Å². The van der Waals surface area contributed by atoms with Crippen molar-refractivity contribution in [3.63, 3.8) is 0 Å². The molecule has 1 amide bonds. The number of carboxylic acids is 1. The van der Waals surface area contributed by atoms with E-state index in [1.54, 1.807) is 12.1 Å². The monoisotopic (exact) mass is 449 g/mol. The van der Waals surface area contributed by atoms with Crippen molar-refractivity contribution in [2.75, 3.05) is 5.32 Å². The number of aromatic carboxylic acids is 1. The van der Waals surface area contributed by atoms with Crippen molar-refractivity contribution in [1.29, 1.82) is 0 Å². The van der Waals surface area contributed by atoms with Crippen molar-refractivity contribution in [2.24, 2.45) is 0 Å². The number of rotatable bonds is 4. The van der Waals surface area contributed by atoms with Gasteiger partial charge in [-0.25, -0.2) is 4.79 Å². The third-order valence-corrected chi connectivity index (χ3v) is 6.88. The summed E-state index contributed by atoms with van der Waals surface area (Å²) >= 11 is 0. The number of hydrogen-bond donors (Lipinski definition) is 3. The molecule has 2 aromatic heterocycles. The molecule has 0 saturated carbocycles. The highest BCUT2D eigenvalue weighted by Gasteiger charge is 2.27. The van der Waals surface area contributed by atoms with E-state index in [9.17, 15) is 14.7 Å². The number of pyridine rings is 1. The zero-order valence-electron chi connectivity index (χ0n) is 18.5. The van der Waals surface area contributed by atoms with E-state index in [-0.39, 0.29) is 11.5 Å². The number of carbonyl (C=O) groups excluding carboxylic acids is 1. The first-order valence-corrected chi connectivity index (χ1v) is 11.5. The molecular formula is C28H23N3O3. The molecule has 2 aliphatic rings. The van der Waals surface area contributed by atoms with Crippen molar-refractivity contribution in [2.45, 2.75) is 32.1 Å². The molecule has 3 heterocycles. The molecule has 0 spiro atoms. The number of nitrogens with zero attached hydrogens (tertiary/aromatic N) is 1. The zero-order chi connectivity index (χ0) is 23.2. The Bertz CT molecular complexity index is 1510. The molecule has 3 N–H and O–H groups in total. The van der Waals surface area contributed by atoms with Crippen molar-refractivity contribution >= 4 is 40.0 Å². The van der Waals surface area contributed by atoms with Crippen LogP contribution in [0.4, 0.5) is 5.69 Å². The van der Waals surface area contributed by atoms with Crippen LogP contribution in [0, 0.1) is 0 Å². The average Bonchev–Trinajstić information content (AvgIpc) is 3.36. The van der Waals surface area contributed by atoms with E-state index >= 15 is 0 Å². The maximum absolute atomic E-state index is 12.9. The lowest BCUT2D eigenvalue weighted by Gasteiger charge is -2.13. The quantitative estimate of drug-likeness (QED) is 0.372. The number of carboxylic acid groups (broad SMARTS) is 1. The van der Waals surface area contributed by atoms with E-state index in [1.807, 2.05) is 30.5 Å². The van der Waals surface area contributed by atoms with Gasteiger partial charge >= 0.3 is 5.97 Å². The fourth-order valence-corrected chi connectivity index (χ4v) is 5.20. The lowest BCUT2D eigenvalue weighted by molar-refractivity contribution is -0.110. The largest absolute Gasteiger partial charge is 0.478 e. The van der Waals surface area contributed by atoms with E-state index < -0.39 is 5.97 Å². The summed E-state index contributed by atoms with van der Waals surface area (Å²) in [7, 11) is 0. The summed E-state index contributed by atoms with van der Waals surface area (Å²) in [6.07, 6.45) is 8.66. The van der Waals surface area contributed by atoms with Crippen LogP contribution in [0.2, 0.25) is 0 Å². The molecule has 168 valence electrons. The molecule has 34 heavy (non-hydrogen) atoms. The maximum atomic E-state index is 12.9. The average molecular weight is 450 g/mol. The first-order valence-electron chi connectivity index (χ1n) is 11.5. The summed E-state index contributed by atoms with van der Waals surface area (Å²) in [4.78, 5) is 32.6. The lowest BCUT2D eigenvalue weighted by atomic mass is 9.91. The molecule has 0 atom stereocenters. The Morgan fingerprint density at radius 1 is 1.09 bits per heavy atom. The second-order valence-corrected chi connectivity index (χ2v) is 8.91. The van der Waals surface area contributed by atoms with Crippen LogP contribution in [-0.4, -0.2) is 27.0 Å². The first kappa shape index (κ1) is 20.4. The number of anilines is 1. The summed E-state index contributed by atoms with van der Waals surface area (Å²) < 4.78 is 0. The van der Waals surface area contributed by atoms with Crippen LogP contribution >= 0.6 is 0 Å². The molecule has 0 bridgehead atoms. The SMILES string of the molecule is O=C1Nc2ccc(C(=O)O)cc2C1=Cc1[nH]c2c(c1Cc1nccc3ccccc13)CCCC2. The van der Waals surface area contributed by atoms with Crippen LogP contribution in [-0.2, 0) is 24.1 Å². The van der Waals surface area contributed by atoms with E-state index in [2.05, 4.69) is 22.4 Å². The van der Waals surface area contributed by atoms with Gasteiger partial charge in [0.2, 0.25) is 0 Å². The van der Waals surface area contributed by atoms with Gasteiger partial charge in [0.15, 0.2) is 0 Å². The predicted molar refractivity (Wildman–Crippen MR) is 132 cm³/mol. The Morgan fingerprint density at radius 2 is 1.94 bits per heavy atom. The van der Waals surface area contributed by atoms with Crippen LogP contribution in [0.25, 0.3) is 22.4 Å². The van der Waals surface area contributed by atoms with Crippen LogP contribution in [0.3, 0.4) is 0 Å². The maximum Gasteiger partial charge on any atom is 0.335 e. The van der Waals surface area contributed by atoms with Gasteiger partial charge in [-0.1, -0.05) is 24.3 Å². The number of carbonyl (C=O) groups is 2. The molecule has 6 rings (SSSR count). The Morgan fingerprint density at radius 3 is 2.82 bits per heavy atom. The van der Waals surface area contributed by atoms with Crippen LogP contribution < -0.4 is 5.32 Å². The third-order valence-electron chi connectivity index (χ3n) is 6.88. The number of nitrogens with one attached hydrogen (secondary N) is 2. The number of aryl methyl sites for hydroxylation is 1. The minimum Gasteiger partial charge on any atom is -0.478 e. The van der Waals surface area contributed by atoms with E-state index in [0.29, 0.717) is 23.2 Å². The van der Waals surface area contributed by atoms with E-state index in [4.69, 9.17) is 4.98 Å². The van der Waals surface area contributed by atoms with Crippen LogP contribution in [0.5, 0.6) is 0 Å². The van der Waals surface area contributed by atoms with Gasteiger partial charge in [-0.05, 0) is 72.5 Å². The minimum atomic E-state index is -1.01. The molecular weight excluding hydrogens is 426 g/mol. The molecule has 0 fully saturated rings. The summed E-state index contributed by atoms with van der Waals surface area (Å²) in [5, 5.41) is 14.6. The standard InChI is InChI=1S/C28H23N3O3/c32-27-22(20-13-17(28(33)34)9-10-24(20)31-27)15-26-21(19-7-3-4-8-23(19)30-26)14-25-18-6-2-1-5-16(18)11-12-29-25/h1-2,5-6,9-13,15,30H,3-4,7-8,14H2,(H,31,32)(H,33,34). The highest BCUT2D eigenvalue weighted by Crippen LogP contribution is 2.36. The van der Waals surface area contributed by atoms with Crippen molar-refractivity contribution in [3.8, 4) is 0 Å². The minimum absolute atomic E-state index is 0.159. The van der Waals surface area contributed by atoms with E-state index in [0.717, 1.165) is 47.8 Å². The zero-order valence-corrected chi connectivity index (χ0v) is 18.5. The predicted octanol–water partition coefficient (Wildman–Crippen LogP) is 5.22. The van der Waals surface area contributed by atoms with Gasteiger partial charge in [0, 0.05) is 40.6 Å². The highest BCUT2D eigenvalue weighted by atomic mass is 16.4. The smallest absolute Gasteiger partial charge is 0.335 e. The molecule has 2 aromatic carbocycles. The molecule has 6 heteroatoms. The Labute approximate surface area is 196 Å². The summed E-state index contributed by atoms with van der Waals surface area (Å²) in [6.45, 7) is 0. The molecule has 6 nitrogen and oxygen atoms in total. The molecule has 0 unspecified atom stereocenters. The second kappa shape index (κ2) is 7.99. The molecule has 0 saturated heterocycles. The Balaban J connectivity index is 1.49. The summed E-state index contributed by atoms with van der Waals surface area (Å²) in [5.74, 6) is -1.24. The summed E-state index contributed by atoms with van der Waals surface area (Å²) in [6, 6.07) is 15.0. The number of amides is 1. The normalized spacial score (nSPS) is 15.9. The summed E-state index contributed by atoms with van der Waals surface area (Å²) in [5.41, 5.74) is 7.52. The van der Waals surface area contributed by atoms with Crippen LogP contribution in [0.15, 0.2) is 54.7 Å². The van der Waals surface area contributed by atoms with Crippen LogP contribution in [0.1, 0.15) is 57.0 Å². The van der Waals surface area contributed by atoms with E-state index in [1.165, 1.54) is 22.9 Å². The van der Waals surface area contributed by atoms with Crippen molar-refractivity contribution in [3.05, 3.63) is 94.1 Å². The Hall–Kier alpha value is -4.19. The number of aromatic nitrogens is 2. The number of benzene rings is 2. The van der Waals surface area contributed by atoms with Crippen molar-refractivity contribution < 1.29 is 14.7 Å². The number of H-pyrrole nitrogens is 1. The molecule has 1 aliphatic carbocycles. The van der Waals surface area contributed by atoms with Gasteiger partial charge in [0.05, 0.1) is 16.8 Å². The number of hydrogen-bond acceptors (Lipinski definition) is 3. The fraction of sp³-hybridized carbons (Fsp3) is 0.179. The molecule has 0 radical (unpaired) electrons. The van der Waals surface area contributed by atoms with Gasteiger partial charge < -0.3 is 15.4 Å². The first-order chi connectivity index (χ1) is 16.6. The fourth-order valence-electron chi connectivity index (χ4n) is 5.20. The highest BCUT2D eigenvalue weighted by molar-refractivity contribution is 6.35. The molecule has 4 aromatic rings. The van der Waals surface area contributed by atoms with Gasteiger partial charge in [-0.2, -0.15) is 0 Å². The third kappa shape index (κ3) is 3.39. The number of fused-ring (bicyclic) bond motifs is 3. The van der Waals surface area contributed by atoms with Gasteiger partial charge in [0.25, 0.3) is 5.91 Å². The lowest BCUT2D eigenvalue weighted by Crippen LogP contribution is -2.04.